The predicted octanol–water partition coefficient (Wildman–Crippen LogP) is 0.925. The van der Waals surface area contributed by atoms with Gasteiger partial charge in [0.1, 0.15) is 0 Å². The average Bonchev–Trinajstić information content (AvgIpc) is 2.29. The van der Waals surface area contributed by atoms with Crippen LogP contribution in [0.3, 0.4) is 0 Å². The molecule has 0 bridgehead atoms. The Morgan fingerprint density at radius 2 is 2.06 bits per heavy atom. The van der Waals surface area contributed by atoms with Crippen LogP contribution in [0.4, 0.5) is 0 Å². The molecule has 1 fully saturated rings. The summed E-state index contributed by atoms with van der Waals surface area (Å²) in [6, 6.07) is -0.0859. The maximum atomic E-state index is 11.0. The van der Waals surface area contributed by atoms with E-state index >= 15 is 0 Å². The smallest absolute Gasteiger partial charge is 0.394 e. The molecule has 0 aromatic heterocycles. The van der Waals surface area contributed by atoms with Crippen LogP contribution in [0.25, 0.3) is 0 Å². The van der Waals surface area contributed by atoms with Gasteiger partial charge in [-0.15, -0.1) is 0 Å². The highest BCUT2D eigenvalue weighted by atomic mass is 16.5. The van der Waals surface area contributed by atoms with E-state index in [9.17, 15) is 9.59 Å². The van der Waals surface area contributed by atoms with Crippen molar-refractivity contribution in [1.29, 1.82) is 0 Å². The van der Waals surface area contributed by atoms with Gasteiger partial charge in [-0.1, -0.05) is 13.8 Å². The van der Waals surface area contributed by atoms with Gasteiger partial charge < -0.3 is 15.2 Å². The Morgan fingerprint density at radius 1 is 1.44 bits per heavy atom. The van der Waals surface area contributed by atoms with Gasteiger partial charge in [0, 0.05) is 12.6 Å². The fraction of sp³-hybridized carbons (Fsp3) is 0.818. The monoisotopic (exact) mass is 229 g/mol. The van der Waals surface area contributed by atoms with E-state index in [1.54, 1.807) is 0 Å². The van der Waals surface area contributed by atoms with Gasteiger partial charge in [0.05, 0.1) is 5.60 Å². The zero-order valence-corrected chi connectivity index (χ0v) is 9.78. The molecule has 0 saturated carbocycles. The van der Waals surface area contributed by atoms with Crippen molar-refractivity contribution in [3.05, 3.63) is 0 Å². The lowest BCUT2D eigenvalue weighted by Crippen LogP contribution is -2.49. The maximum absolute atomic E-state index is 11.0. The number of carbonyl (C=O) groups excluding carboxylic acids is 1. The van der Waals surface area contributed by atoms with Gasteiger partial charge in [0.2, 0.25) is 0 Å². The van der Waals surface area contributed by atoms with E-state index in [-0.39, 0.29) is 11.6 Å². The summed E-state index contributed by atoms with van der Waals surface area (Å²) in [4.78, 5) is 21.5. The molecule has 0 radical (unpaired) electrons. The van der Waals surface area contributed by atoms with Crippen molar-refractivity contribution in [2.75, 3.05) is 6.61 Å². The second kappa shape index (κ2) is 5.30. The number of rotatable bonds is 3. The van der Waals surface area contributed by atoms with Crippen LogP contribution in [-0.4, -0.2) is 35.2 Å². The third kappa shape index (κ3) is 2.95. The summed E-state index contributed by atoms with van der Waals surface area (Å²) in [7, 11) is 0. The first-order valence-corrected chi connectivity index (χ1v) is 5.70. The molecule has 0 aromatic rings. The molecule has 1 unspecified atom stereocenters. The zero-order valence-electron chi connectivity index (χ0n) is 9.78. The molecule has 0 aromatic carbocycles. The Kier molecular flexibility index (Phi) is 4.29. The summed E-state index contributed by atoms with van der Waals surface area (Å²) in [6.07, 6.45) is 3.13. The number of nitrogens with one attached hydrogen (secondary N) is 1. The highest BCUT2D eigenvalue weighted by Crippen LogP contribution is 2.31. The van der Waals surface area contributed by atoms with E-state index in [1.165, 1.54) is 0 Å². The molecule has 92 valence electrons. The molecule has 1 heterocycles. The first-order valence-electron chi connectivity index (χ1n) is 5.70. The topological polar surface area (TPSA) is 75.6 Å². The largest absolute Gasteiger partial charge is 0.474 e. The van der Waals surface area contributed by atoms with Gasteiger partial charge in [0.15, 0.2) is 0 Å². The summed E-state index contributed by atoms with van der Waals surface area (Å²) < 4.78 is 5.74. The molecule has 5 nitrogen and oxygen atoms in total. The van der Waals surface area contributed by atoms with E-state index in [4.69, 9.17) is 9.84 Å². The van der Waals surface area contributed by atoms with Crippen molar-refractivity contribution in [2.24, 2.45) is 0 Å². The molecule has 1 aliphatic rings. The molecular formula is C11H19NO4. The van der Waals surface area contributed by atoms with E-state index < -0.39 is 11.9 Å². The summed E-state index contributed by atoms with van der Waals surface area (Å²) in [5, 5.41) is 11.0. The zero-order chi connectivity index (χ0) is 12.2. The van der Waals surface area contributed by atoms with Crippen LogP contribution < -0.4 is 5.32 Å². The van der Waals surface area contributed by atoms with E-state index in [2.05, 4.69) is 5.32 Å². The van der Waals surface area contributed by atoms with Gasteiger partial charge >= 0.3 is 11.9 Å². The minimum atomic E-state index is -1.43. The van der Waals surface area contributed by atoms with Gasteiger partial charge in [-0.2, -0.15) is 0 Å². The van der Waals surface area contributed by atoms with E-state index in [0.29, 0.717) is 19.4 Å². The minimum absolute atomic E-state index is 0.0859. The van der Waals surface area contributed by atoms with Crippen molar-refractivity contribution in [3.8, 4) is 0 Å². The number of ether oxygens (including phenoxy) is 1. The molecule has 1 amide bonds. The second-order valence-electron chi connectivity index (χ2n) is 4.21. The van der Waals surface area contributed by atoms with Crippen molar-refractivity contribution in [2.45, 2.75) is 51.2 Å². The van der Waals surface area contributed by atoms with Crippen LogP contribution in [-0.2, 0) is 14.3 Å². The van der Waals surface area contributed by atoms with Gasteiger partial charge in [-0.05, 0) is 25.7 Å². The van der Waals surface area contributed by atoms with Gasteiger partial charge in [-0.3, -0.25) is 4.79 Å². The lowest BCUT2D eigenvalue weighted by molar-refractivity contribution is -0.151. The molecule has 1 atom stereocenters. The number of aliphatic carboxylic acids is 1. The van der Waals surface area contributed by atoms with Crippen LogP contribution in [0, 0.1) is 0 Å². The molecule has 5 heteroatoms. The quantitative estimate of drug-likeness (QED) is 0.706. The molecule has 0 aliphatic carbocycles. The van der Waals surface area contributed by atoms with Gasteiger partial charge in [0.25, 0.3) is 0 Å². The fourth-order valence-corrected chi connectivity index (χ4v) is 2.14. The third-order valence-corrected chi connectivity index (χ3v) is 3.31. The normalized spacial score (nSPS) is 23.8. The molecule has 1 saturated heterocycles. The molecular weight excluding hydrogens is 210 g/mol. The first kappa shape index (κ1) is 13.0. The summed E-state index contributed by atoms with van der Waals surface area (Å²) in [6.45, 7) is 4.67. The minimum Gasteiger partial charge on any atom is -0.474 e. The number of amides is 1. The SMILES string of the molecule is CCC1(CC)CC(NC(=O)C(=O)O)CCO1. The summed E-state index contributed by atoms with van der Waals surface area (Å²) >= 11 is 0. The average molecular weight is 229 g/mol. The molecule has 2 N–H and O–H groups in total. The molecule has 16 heavy (non-hydrogen) atoms. The van der Waals surface area contributed by atoms with Crippen molar-refractivity contribution >= 4 is 11.9 Å². The molecule has 0 spiro atoms. The van der Waals surface area contributed by atoms with Crippen LogP contribution in [0.1, 0.15) is 39.5 Å². The van der Waals surface area contributed by atoms with Crippen LogP contribution in [0.2, 0.25) is 0 Å². The van der Waals surface area contributed by atoms with E-state index in [0.717, 1.165) is 12.8 Å². The second-order valence-corrected chi connectivity index (χ2v) is 4.21. The Balaban J connectivity index is 2.57. The molecule has 1 aliphatic heterocycles. The Morgan fingerprint density at radius 3 is 2.56 bits per heavy atom. The lowest BCUT2D eigenvalue weighted by Gasteiger charge is -2.40. The number of carboxylic acid groups (broad SMARTS) is 1. The lowest BCUT2D eigenvalue weighted by atomic mass is 9.86. The van der Waals surface area contributed by atoms with Gasteiger partial charge in [-0.25, -0.2) is 4.79 Å². The van der Waals surface area contributed by atoms with Crippen LogP contribution >= 0.6 is 0 Å². The molecule has 1 rings (SSSR count). The predicted molar refractivity (Wildman–Crippen MR) is 58.1 cm³/mol. The first-order chi connectivity index (χ1) is 7.53. The summed E-state index contributed by atoms with van der Waals surface area (Å²) in [5.74, 6) is -2.35. The number of hydrogen-bond acceptors (Lipinski definition) is 3. The Hall–Kier alpha value is -1.10. The fourth-order valence-electron chi connectivity index (χ4n) is 2.14. The van der Waals surface area contributed by atoms with Crippen molar-refractivity contribution < 1.29 is 19.4 Å². The number of hydrogen-bond donors (Lipinski definition) is 2. The highest BCUT2D eigenvalue weighted by Gasteiger charge is 2.35. The Bertz CT molecular complexity index is 273. The Labute approximate surface area is 95.2 Å². The van der Waals surface area contributed by atoms with Crippen LogP contribution in [0.5, 0.6) is 0 Å². The van der Waals surface area contributed by atoms with Crippen molar-refractivity contribution in [3.63, 3.8) is 0 Å². The summed E-state index contributed by atoms with van der Waals surface area (Å²) in [5.41, 5.74) is -0.200. The highest BCUT2D eigenvalue weighted by molar-refractivity contribution is 6.31. The van der Waals surface area contributed by atoms with Crippen molar-refractivity contribution in [1.82, 2.24) is 5.32 Å². The maximum Gasteiger partial charge on any atom is 0.394 e. The van der Waals surface area contributed by atoms with E-state index in [1.807, 2.05) is 13.8 Å². The number of carbonyl (C=O) groups is 2. The third-order valence-electron chi connectivity index (χ3n) is 3.31. The number of carboxylic acids is 1. The van der Waals surface area contributed by atoms with Crippen LogP contribution in [0.15, 0.2) is 0 Å². The standard InChI is InChI=1S/C11H19NO4/c1-3-11(4-2)7-8(5-6-16-11)12-9(13)10(14)15/h8H,3-7H2,1-2H3,(H,12,13)(H,14,15).